The number of benzene rings is 2. The summed E-state index contributed by atoms with van der Waals surface area (Å²) in [6.45, 7) is 0.230. The molecule has 1 aromatic heterocycles. The Hall–Kier alpha value is -3.06. The minimum absolute atomic E-state index is 0.0298. The summed E-state index contributed by atoms with van der Waals surface area (Å²) < 4.78 is 47.9. The molecule has 0 bridgehead atoms. The molecule has 8 heteroatoms. The van der Waals surface area contributed by atoms with Crippen molar-refractivity contribution in [2.75, 3.05) is 13.2 Å². The van der Waals surface area contributed by atoms with Crippen molar-refractivity contribution >= 4 is 17.5 Å². The number of ether oxygens (including phenoxy) is 1. The fourth-order valence-corrected chi connectivity index (χ4v) is 3.25. The lowest BCUT2D eigenvalue weighted by Crippen LogP contribution is -2.32. The molecule has 2 aromatic carbocycles. The Balaban J connectivity index is 1.73. The second-order valence-corrected chi connectivity index (χ2v) is 6.87. The van der Waals surface area contributed by atoms with Crippen LogP contribution in [0.25, 0.3) is 11.1 Å². The summed E-state index contributed by atoms with van der Waals surface area (Å²) in [7, 11) is 0. The minimum Gasteiger partial charge on any atom is -0.491 e. The van der Waals surface area contributed by atoms with Gasteiger partial charge in [-0.05, 0) is 35.9 Å². The summed E-state index contributed by atoms with van der Waals surface area (Å²) in [6, 6.07) is 8.99. The summed E-state index contributed by atoms with van der Waals surface area (Å²) in [5, 5.41) is -0.0908. The standard InChI is InChI=1S/C21H14ClF3N2O2/c22-15-4-3-12(8-18(15)25)13-9-14-20(10-17(13)24)29-7-6-27(21(14)28)11-19-16(23)2-1-5-26-19/h1-5,8-10H,6-7,11H2. The molecule has 2 heterocycles. The van der Waals surface area contributed by atoms with Crippen LogP contribution in [0.5, 0.6) is 5.75 Å². The first-order valence-electron chi connectivity index (χ1n) is 8.74. The highest BCUT2D eigenvalue weighted by Gasteiger charge is 2.27. The normalized spacial score (nSPS) is 13.7. The molecule has 0 spiro atoms. The molecule has 4 nitrogen and oxygen atoms in total. The zero-order valence-electron chi connectivity index (χ0n) is 15.0. The second kappa shape index (κ2) is 7.75. The first kappa shape index (κ1) is 19.3. The Morgan fingerprint density at radius 1 is 1.03 bits per heavy atom. The first-order chi connectivity index (χ1) is 13.9. The van der Waals surface area contributed by atoms with Gasteiger partial charge in [-0.2, -0.15) is 0 Å². The van der Waals surface area contributed by atoms with E-state index in [1.54, 1.807) is 0 Å². The molecule has 0 unspecified atom stereocenters. The van der Waals surface area contributed by atoms with Gasteiger partial charge >= 0.3 is 0 Å². The van der Waals surface area contributed by atoms with Crippen LogP contribution in [0, 0.1) is 17.5 Å². The van der Waals surface area contributed by atoms with Gasteiger partial charge in [-0.25, -0.2) is 13.2 Å². The van der Waals surface area contributed by atoms with Crippen LogP contribution in [0.15, 0.2) is 48.7 Å². The van der Waals surface area contributed by atoms with Gasteiger partial charge in [0.05, 0.1) is 29.4 Å². The number of aromatic nitrogens is 1. The molecular formula is C21H14ClF3N2O2. The molecule has 1 aliphatic rings. The summed E-state index contributed by atoms with van der Waals surface area (Å²) in [5.41, 5.74) is 0.478. The number of fused-ring (bicyclic) bond motifs is 1. The van der Waals surface area contributed by atoms with Gasteiger partial charge in [0.15, 0.2) is 0 Å². The molecule has 3 aromatic rings. The lowest BCUT2D eigenvalue weighted by atomic mass is 10.0. The van der Waals surface area contributed by atoms with Crippen LogP contribution in [0.3, 0.4) is 0 Å². The van der Waals surface area contributed by atoms with Crippen LogP contribution in [-0.4, -0.2) is 28.9 Å². The van der Waals surface area contributed by atoms with Gasteiger partial charge in [-0.1, -0.05) is 17.7 Å². The maximum Gasteiger partial charge on any atom is 0.258 e. The van der Waals surface area contributed by atoms with Gasteiger partial charge in [0, 0.05) is 17.8 Å². The maximum atomic E-state index is 14.6. The van der Waals surface area contributed by atoms with Crippen LogP contribution >= 0.6 is 11.6 Å². The Kier molecular flexibility index (Phi) is 5.15. The lowest BCUT2D eigenvalue weighted by Gasteiger charge is -2.20. The van der Waals surface area contributed by atoms with Gasteiger partial charge < -0.3 is 9.64 Å². The van der Waals surface area contributed by atoms with E-state index < -0.39 is 23.4 Å². The average molecular weight is 419 g/mol. The van der Waals surface area contributed by atoms with Gasteiger partial charge in [0.1, 0.15) is 29.8 Å². The van der Waals surface area contributed by atoms with Crippen molar-refractivity contribution in [3.05, 3.63) is 82.4 Å². The largest absolute Gasteiger partial charge is 0.491 e. The third kappa shape index (κ3) is 3.78. The van der Waals surface area contributed by atoms with Crippen LogP contribution in [0.4, 0.5) is 13.2 Å². The van der Waals surface area contributed by atoms with Crippen molar-refractivity contribution in [3.8, 4) is 16.9 Å². The predicted octanol–water partition coefficient (Wildman–Crippen LogP) is 4.85. The van der Waals surface area contributed by atoms with Crippen LogP contribution in [-0.2, 0) is 6.54 Å². The lowest BCUT2D eigenvalue weighted by molar-refractivity contribution is 0.0739. The number of hydrogen-bond acceptors (Lipinski definition) is 3. The highest BCUT2D eigenvalue weighted by atomic mass is 35.5. The minimum atomic E-state index is -0.701. The Morgan fingerprint density at radius 3 is 2.62 bits per heavy atom. The Morgan fingerprint density at radius 2 is 1.86 bits per heavy atom. The fourth-order valence-electron chi connectivity index (χ4n) is 3.13. The first-order valence-corrected chi connectivity index (χ1v) is 9.12. The monoisotopic (exact) mass is 418 g/mol. The molecule has 148 valence electrons. The Labute approximate surface area is 169 Å². The highest BCUT2D eigenvalue weighted by Crippen LogP contribution is 2.33. The molecule has 0 radical (unpaired) electrons. The van der Waals surface area contributed by atoms with Crippen LogP contribution < -0.4 is 4.74 Å². The zero-order chi connectivity index (χ0) is 20.5. The van der Waals surface area contributed by atoms with Crippen molar-refractivity contribution < 1.29 is 22.7 Å². The number of amides is 1. The van der Waals surface area contributed by atoms with E-state index in [0.717, 1.165) is 12.1 Å². The zero-order valence-corrected chi connectivity index (χ0v) is 15.7. The van der Waals surface area contributed by atoms with E-state index in [1.165, 1.54) is 41.4 Å². The number of carbonyl (C=O) groups is 1. The Bertz CT molecular complexity index is 1110. The molecule has 1 amide bonds. The number of carbonyl (C=O) groups excluding carboxylic acids is 1. The smallest absolute Gasteiger partial charge is 0.258 e. The average Bonchev–Trinajstić information content (AvgIpc) is 2.84. The molecule has 0 saturated carbocycles. The van der Waals surface area contributed by atoms with Crippen LogP contribution in [0.2, 0.25) is 5.02 Å². The molecule has 0 fully saturated rings. The maximum absolute atomic E-state index is 14.6. The van der Waals surface area contributed by atoms with Gasteiger partial charge in [-0.15, -0.1) is 0 Å². The molecule has 0 saturated heterocycles. The summed E-state index contributed by atoms with van der Waals surface area (Å²) in [5.74, 6) is -2.27. The molecule has 1 aliphatic heterocycles. The number of rotatable bonds is 3. The molecule has 29 heavy (non-hydrogen) atoms. The number of hydrogen-bond donors (Lipinski definition) is 0. The summed E-state index contributed by atoms with van der Waals surface area (Å²) in [4.78, 5) is 18.4. The molecule has 0 aliphatic carbocycles. The van der Waals surface area contributed by atoms with Crippen molar-refractivity contribution in [1.82, 2.24) is 9.88 Å². The van der Waals surface area contributed by atoms with Gasteiger partial charge in [0.25, 0.3) is 5.91 Å². The molecule has 4 rings (SSSR count). The van der Waals surface area contributed by atoms with Crippen molar-refractivity contribution in [2.45, 2.75) is 6.54 Å². The third-order valence-electron chi connectivity index (χ3n) is 4.61. The highest BCUT2D eigenvalue weighted by molar-refractivity contribution is 6.30. The van der Waals surface area contributed by atoms with E-state index in [1.807, 2.05) is 0 Å². The van der Waals surface area contributed by atoms with Crippen molar-refractivity contribution in [1.29, 1.82) is 0 Å². The fraction of sp³-hybridized carbons (Fsp3) is 0.143. The van der Waals surface area contributed by atoms with Crippen molar-refractivity contribution in [2.24, 2.45) is 0 Å². The van der Waals surface area contributed by atoms with Gasteiger partial charge in [0.2, 0.25) is 0 Å². The SMILES string of the molecule is O=C1c2cc(-c3ccc(Cl)c(F)c3)c(F)cc2OCCN1Cc1ncccc1F. The van der Waals surface area contributed by atoms with E-state index in [2.05, 4.69) is 4.98 Å². The molecular weight excluding hydrogens is 405 g/mol. The van der Waals surface area contributed by atoms with E-state index in [4.69, 9.17) is 16.3 Å². The van der Waals surface area contributed by atoms with E-state index in [-0.39, 0.29) is 52.9 Å². The van der Waals surface area contributed by atoms with E-state index in [0.29, 0.717) is 0 Å². The van der Waals surface area contributed by atoms with E-state index in [9.17, 15) is 18.0 Å². The van der Waals surface area contributed by atoms with E-state index >= 15 is 0 Å². The third-order valence-corrected chi connectivity index (χ3v) is 4.92. The van der Waals surface area contributed by atoms with Crippen LogP contribution in [0.1, 0.15) is 16.1 Å². The second-order valence-electron chi connectivity index (χ2n) is 6.46. The number of nitrogens with zero attached hydrogens (tertiary/aromatic N) is 2. The number of halogens is 4. The summed E-state index contributed by atoms with van der Waals surface area (Å²) >= 11 is 5.69. The molecule has 0 atom stereocenters. The number of pyridine rings is 1. The van der Waals surface area contributed by atoms with Gasteiger partial charge in [-0.3, -0.25) is 9.78 Å². The quantitative estimate of drug-likeness (QED) is 0.610. The summed E-state index contributed by atoms with van der Waals surface area (Å²) in [6.07, 6.45) is 1.44. The topological polar surface area (TPSA) is 42.4 Å². The predicted molar refractivity (Wildman–Crippen MR) is 101 cm³/mol. The molecule has 0 N–H and O–H groups in total. The van der Waals surface area contributed by atoms with Crippen molar-refractivity contribution in [3.63, 3.8) is 0 Å².